The highest BCUT2D eigenvalue weighted by Gasteiger charge is 2.09. The van der Waals surface area contributed by atoms with Gasteiger partial charge in [0.1, 0.15) is 0 Å². The van der Waals surface area contributed by atoms with Crippen molar-refractivity contribution >= 4 is 17.7 Å². The molecule has 1 saturated heterocycles. The lowest BCUT2D eigenvalue weighted by molar-refractivity contribution is -0.120. The maximum absolute atomic E-state index is 11.8. The van der Waals surface area contributed by atoms with E-state index in [1.165, 1.54) is 44.3 Å². The van der Waals surface area contributed by atoms with E-state index in [0.717, 1.165) is 24.6 Å². The summed E-state index contributed by atoms with van der Waals surface area (Å²) in [5.74, 6) is 2.07. The first-order valence-corrected chi connectivity index (χ1v) is 9.61. The normalized spacial score (nSPS) is 16.2. The molecule has 4 heteroatoms. The maximum Gasteiger partial charge on any atom is 0.220 e. The first kappa shape index (κ1) is 17.4. The third kappa shape index (κ3) is 7.32. The van der Waals surface area contributed by atoms with Gasteiger partial charge >= 0.3 is 0 Å². The van der Waals surface area contributed by atoms with Crippen LogP contribution < -0.4 is 5.32 Å². The summed E-state index contributed by atoms with van der Waals surface area (Å²) < 4.78 is 0. The van der Waals surface area contributed by atoms with Crippen LogP contribution in [-0.4, -0.2) is 42.7 Å². The summed E-state index contributed by atoms with van der Waals surface area (Å²) in [6.45, 7) is 4.19. The van der Waals surface area contributed by atoms with Crippen LogP contribution in [0.5, 0.6) is 0 Å². The van der Waals surface area contributed by atoms with Crippen molar-refractivity contribution in [3.05, 3.63) is 35.9 Å². The number of nitrogens with zero attached hydrogens (tertiary/aromatic N) is 1. The number of likely N-dealkylation sites (tertiary alicyclic amines) is 1. The molecule has 0 unspecified atom stereocenters. The molecule has 1 aromatic carbocycles. The van der Waals surface area contributed by atoms with E-state index in [4.69, 9.17) is 0 Å². The number of benzene rings is 1. The largest absolute Gasteiger partial charge is 0.355 e. The summed E-state index contributed by atoms with van der Waals surface area (Å²) in [7, 11) is 0. The minimum atomic E-state index is 0.190. The fourth-order valence-electron chi connectivity index (χ4n) is 2.73. The first-order chi connectivity index (χ1) is 10.8. The van der Waals surface area contributed by atoms with Gasteiger partial charge in [-0.05, 0) is 31.5 Å². The third-order valence-electron chi connectivity index (χ3n) is 4.03. The summed E-state index contributed by atoms with van der Waals surface area (Å²) >= 11 is 1.83. The molecule has 1 aromatic rings. The fourth-order valence-corrected chi connectivity index (χ4v) is 3.63. The molecule has 2 rings (SSSR count). The SMILES string of the molecule is O=C(CCSCc1ccccc1)NCCN1CCCCCC1. The highest BCUT2D eigenvalue weighted by molar-refractivity contribution is 7.98. The van der Waals surface area contributed by atoms with Gasteiger partial charge < -0.3 is 10.2 Å². The molecule has 0 aromatic heterocycles. The van der Waals surface area contributed by atoms with Crippen molar-refractivity contribution in [2.45, 2.75) is 37.9 Å². The molecule has 0 spiro atoms. The van der Waals surface area contributed by atoms with Crippen LogP contribution >= 0.6 is 11.8 Å². The zero-order chi connectivity index (χ0) is 15.5. The molecule has 0 bridgehead atoms. The van der Waals surface area contributed by atoms with Crippen molar-refractivity contribution in [3.63, 3.8) is 0 Å². The molecule has 1 aliphatic heterocycles. The number of carbonyl (C=O) groups is 1. The topological polar surface area (TPSA) is 32.3 Å². The zero-order valence-corrected chi connectivity index (χ0v) is 14.2. The van der Waals surface area contributed by atoms with Gasteiger partial charge in [-0.15, -0.1) is 0 Å². The number of hydrogen-bond acceptors (Lipinski definition) is 3. The van der Waals surface area contributed by atoms with Crippen molar-refractivity contribution < 1.29 is 4.79 Å². The zero-order valence-electron chi connectivity index (χ0n) is 13.4. The molecular weight excluding hydrogens is 292 g/mol. The van der Waals surface area contributed by atoms with Gasteiger partial charge in [0.15, 0.2) is 0 Å². The Bertz CT molecular complexity index is 416. The molecule has 1 fully saturated rings. The second kappa shape index (κ2) is 10.7. The van der Waals surface area contributed by atoms with Gasteiger partial charge in [0.2, 0.25) is 5.91 Å². The first-order valence-electron chi connectivity index (χ1n) is 8.45. The molecule has 22 heavy (non-hydrogen) atoms. The molecule has 1 aliphatic rings. The van der Waals surface area contributed by atoms with Crippen LogP contribution in [0.3, 0.4) is 0 Å². The molecule has 1 amide bonds. The number of carbonyl (C=O) groups excluding carboxylic acids is 1. The standard InChI is InChI=1S/C18H28N2OS/c21-18(10-15-22-16-17-8-4-3-5-9-17)19-11-14-20-12-6-1-2-7-13-20/h3-5,8-9H,1-2,6-7,10-16H2,(H,19,21). The molecule has 0 atom stereocenters. The second-order valence-electron chi connectivity index (χ2n) is 5.89. The Hall–Kier alpha value is -1.00. The lowest BCUT2D eigenvalue weighted by atomic mass is 10.2. The van der Waals surface area contributed by atoms with E-state index in [9.17, 15) is 4.79 Å². The van der Waals surface area contributed by atoms with Crippen LogP contribution in [0.25, 0.3) is 0 Å². The lowest BCUT2D eigenvalue weighted by Gasteiger charge is -2.19. The number of amides is 1. The van der Waals surface area contributed by atoms with Crippen LogP contribution in [0.2, 0.25) is 0 Å². The lowest BCUT2D eigenvalue weighted by Crippen LogP contribution is -2.35. The molecule has 0 aliphatic carbocycles. The molecule has 1 heterocycles. The van der Waals surface area contributed by atoms with Gasteiger partial charge in [-0.1, -0.05) is 43.2 Å². The van der Waals surface area contributed by atoms with Crippen LogP contribution in [0.4, 0.5) is 0 Å². The maximum atomic E-state index is 11.8. The summed E-state index contributed by atoms with van der Waals surface area (Å²) in [6, 6.07) is 10.4. The smallest absolute Gasteiger partial charge is 0.220 e. The molecule has 122 valence electrons. The summed E-state index contributed by atoms with van der Waals surface area (Å²) in [5, 5.41) is 3.06. The van der Waals surface area contributed by atoms with E-state index in [1.807, 2.05) is 17.8 Å². The predicted octanol–water partition coefficient (Wildman–Crippen LogP) is 3.30. The molecular formula is C18H28N2OS. The van der Waals surface area contributed by atoms with E-state index < -0.39 is 0 Å². The van der Waals surface area contributed by atoms with Crippen molar-refractivity contribution in [3.8, 4) is 0 Å². The Balaban J connectivity index is 1.49. The Morgan fingerprint density at radius 1 is 1.09 bits per heavy atom. The van der Waals surface area contributed by atoms with E-state index in [2.05, 4.69) is 34.5 Å². The number of rotatable bonds is 8. The van der Waals surface area contributed by atoms with Gasteiger partial charge in [-0.2, -0.15) is 11.8 Å². The summed E-state index contributed by atoms with van der Waals surface area (Å²) in [4.78, 5) is 14.3. The fraction of sp³-hybridized carbons (Fsp3) is 0.611. The third-order valence-corrected chi connectivity index (χ3v) is 5.06. The average Bonchev–Trinajstić information content (AvgIpc) is 2.81. The van der Waals surface area contributed by atoms with Gasteiger partial charge in [0, 0.05) is 31.0 Å². The summed E-state index contributed by atoms with van der Waals surface area (Å²) in [5.41, 5.74) is 1.33. The van der Waals surface area contributed by atoms with Crippen molar-refractivity contribution in [2.75, 3.05) is 31.9 Å². The Labute approximate surface area is 138 Å². The van der Waals surface area contributed by atoms with E-state index in [-0.39, 0.29) is 5.91 Å². The van der Waals surface area contributed by atoms with Crippen molar-refractivity contribution in [1.29, 1.82) is 0 Å². The Kier molecular flexibility index (Phi) is 8.43. The van der Waals surface area contributed by atoms with Gasteiger partial charge in [0.05, 0.1) is 0 Å². The van der Waals surface area contributed by atoms with Gasteiger partial charge in [0.25, 0.3) is 0 Å². The van der Waals surface area contributed by atoms with Crippen LogP contribution in [-0.2, 0) is 10.5 Å². The second-order valence-corrected chi connectivity index (χ2v) is 7.00. The Morgan fingerprint density at radius 3 is 2.55 bits per heavy atom. The highest BCUT2D eigenvalue weighted by Crippen LogP contribution is 2.12. The van der Waals surface area contributed by atoms with Crippen LogP contribution in [0.1, 0.15) is 37.7 Å². The average molecular weight is 321 g/mol. The summed E-state index contributed by atoms with van der Waals surface area (Å²) in [6.07, 6.45) is 5.97. The molecule has 0 saturated carbocycles. The van der Waals surface area contributed by atoms with Crippen LogP contribution in [0.15, 0.2) is 30.3 Å². The quantitative estimate of drug-likeness (QED) is 0.746. The number of thioether (sulfide) groups is 1. The number of hydrogen-bond donors (Lipinski definition) is 1. The number of nitrogens with one attached hydrogen (secondary N) is 1. The molecule has 1 N–H and O–H groups in total. The van der Waals surface area contributed by atoms with Gasteiger partial charge in [-0.25, -0.2) is 0 Å². The highest BCUT2D eigenvalue weighted by atomic mass is 32.2. The van der Waals surface area contributed by atoms with Crippen molar-refractivity contribution in [2.24, 2.45) is 0 Å². The Morgan fingerprint density at radius 2 is 1.82 bits per heavy atom. The van der Waals surface area contributed by atoms with Crippen molar-refractivity contribution in [1.82, 2.24) is 10.2 Å². The van der Waals surface area contributed by atoms with E-state index >= 15 is 0 Å². The molecule has 3 nitrogen and oxygen atoms in total. The van der Waals surface area contributed by atoms with Crippen LogP contribution in [0, 0.1) is 0 Å². The van der Waals surface area contributed by atoms with Gasteiger partial charge in [-0.3, -0.25) is 4.79 Å². The van der Waals surface area contributed by atoms with E-state index in [1.54, 1.807) is 0 Å². The predicted molar refractivity (Wildman–Crippen MR) is 95.1 cm³/mol. The molecule has 0 radical (unpaired) electrons. The van der Waals surface area contributed by atoms with E-state index in [0.29, 0.717) is 6.42 Å². The monoisotopic (exact) mass is 320 g/mol. The minimum absolute atomic E-state index is 0.190. The minimum Gasteiger partial charge on any atom is -0.355 e.